The molecule has 0 spiro atoms. The van der Waals surface area contributed by atoms with Gasteiger partial charge in [0.05, 0.1) is 12.7 Å². The molecule has 4 heteroatoms. The van der Waals surface area contributed by atoms with Gasteiger partial charge in [0.15, 0.2) is 8.32 Å². The summed E-state index contributed by atoms with van der Waals surface area (Å²) in [5.41, 5.74) is 1.13. The second kappa shape index (κ2) is 8.22. The fourth-order valence-corrected chi connectivity index (χ4v) is 3.25. The number of carbonyl (C=O) groups is 1. The minimum atomic E-state index is -1.86. The summed E-state index contributed by atoms with van der Waals surface area (Å²) in [7, 11) is -1.86. The smallest absolute Gasteiger partial charge is 0.192 e. The van der Waals surface area contributed by atoms with Crippen molar-refractivity contribution >= 4 is 14.1 Å². The van der Waals surface area contributed by atoms with Crippen LogP contribution in [0.1, 0.15) is 39.7 Å². The van der Waals surface area contributed by atoms with E-state index in [0.29, 0.717) is 19.4 Å². The number of benzene rings is 1. The summed E-state index contributed by atoms with van der Waals surface area (Å²) in [6, 6.07) is 9.96. The maximum atomic E-state index is 11.9. The quantitative estimate of drug-likeness (QED) is 0.723. The fourth-order valence-electron chi connectivity index (χ4n) is 2.21. The summed E-state index contributed by atoms with van der Waals surface area (Å²) in [4.78, 5) is 11.9. The van der Waals surface area contributed by atoms with Crippen molar-refractivity contribution in [1.82, 2.24) is 0 Å². The lowest BCUT2D eigenvalue weighted by Gasteiger charge is -2.37. The van der Waals surface area contributed by atoms with Crippen LogP contribution in [-0.2, 0) is 15.6 Å². The van der Waals surface area contributed by atoms with E-state index in [2.05, 4.69) is 33.9 Å². The monoisotopic (exact) mass is 336 g/mol. The molecule has 0 fully saturated rings. The topological polar surface area (TPSA) is 46.5 Å². The van der Waals surface area contributed by atoms with Crippen molar-refractivity contribution in [3.8, 4) is 0 Å². The Hall–Kier alpha value is -0.973. The van der Waals surface area contributed by atoms with Crippen molar-refractivity contribution in [2.45, 2.75) is 64.8 Å². The standard InChI is InChI=1S/C19H32O3Si/c1-15(20)17(12-16-10-8-7-9-11-16)13-18(21)14-22-23(5,6)19(2,3)4/h7-11,17-18,21H,12-14H2,1-6H3/t17-,18-/m1/s1. The highest BCUT2D eigenvalue weighted by molar-refractivity contribution is 6.74. The highest BCUT2D eigenvalue weighted by Gasteiger charge is 2.37. The van der Waals surface area contributed by atoms with Crippen LogP contribution < -0.4 is 0 Å². The molecule has 130 valence electrons. The van der Waals surface area contributed by atoms with Crippen LogP contribution in [0.2, 0.25) is 18.1 Å². The molecule has 0 heterocycles. The SMILES string of the molecule is CC(=O)[C@H](Cc1ccccc1)C[C@@H](O)CO[Si](C)(C)C(C)(C)C. The molecule has 2 atom stereocenters. The number of ketones is 1. The molecule has 0 aliphatic carbocycles. The van der Waals surface area contributed by atoms with E-state index in [4.69, 9.17) is 4.43 Å². The van der Waals surface area contributed by atoms with E-state index in [-0.39, 0.29) is 16.7 Å². The molecule has 3 nitrogen and oxygen atoms in total. The molecule has 1 N–H and O–H groups in total. The second-order valence-electron chi connectivity index (χ2n) is 7.96. The molecule has 0 radical (unpaired) electrons. The summed E-state index contributed by atoms with van der Waals surface area (Å²) in [6.45, 7) is 12.8. The van der Waals surface area contributed by atoms with Gasteiger partial charge in [0, 0.05) is 5.92 Å². The predicted molar refractivity (Wildman–Crippen MR) is 98.1 cm³/mol. The van der Waals surface area contributed by atoms with Gasteiger partial charge in [-0.3, -0.25) is 4.79 Å². The Morgan fingerprint density at radius 2 is 1.78 bits per heavy atom. The third-order valence-corrected chi connectivity index (χ3v) is 9.40. The molecule has 0 amide bonds. The van der Waals surface area contributed by atoms with Gasteiger partial charge < -0.3 is 9.53 Å². The Morgan fingerprint density at radius 3 is 2.26 bits per heavy atom. The van der Waals surface area contributed by atoms with Crippen LogP contribution in [-0.4, -0.2) is 31.9 Å². The van der Waals surface area contributed by atoms with Gasteiger partial charge in [-0.2, -0.15) is 0 Å². The predicted octanol–water partition coefficient (Wildman–Crippen LogP) is 4.21. The average Bonchev–Trinajstić information content (AvgIpc) is 2.44. The van der Waals surface area contributed by atoms with Crippen molar-refractivity contribution in [2.75, 3.05) is 6.61 Å². The molecule has 0 saturated heterocycles. The normalized spacial score (nSPS) is 15.3. The molecule has 0 aliphatic heterocycles. The zero-order chi connectivity index (χ0) is 17.7. The van der Waals surface area contributed by atoms with Gasteiger partial charge in [-0.15, -0.1) is 0 Å². The van der Waals surface area contributed by atoms with Gasteiger partial charge in [-0.05, 0) is 43.5 Å². The van der Waals surface area contributed by atoms with Crippen LogP contribution in [0.25, 0.3) is 0 Å². The number of hydrogen-bond acceptors (Lipinski definition) is 3. The van der Waals surface area contributed by atoms with E-state index < -0.39 is 14.4 Å². The molecule has 1 aromatic carbocycles. The van der Waals surface area contributed by atoms with Crippen molar-refractivity contribution in [1.29, 1.82) is 0 Å². The maximum absolute atomic E-state index is 11.9. The largest absolute Gasteiger partial charge is 0.414 e. The molecule has 0 aliphatic rings. The molecule has 0 saturated carbocycles. The summed E-state index contributed by atoms with van der Waals surface area (Å²) in [6.07, 6.45) is 0.536. The van der Waals surface area contributed by atoms with E-state index in [1.165, 1.54) is 0 Å². The summed E-state index contributed by atoms with van der Waals surface area (Å²) in [5.74, 6) is -0.0318. The third kappa shape index (κ3) is 6.57. The highest BCUT2D eigenvalue weighted by Crippen LogP contribution is 2.36. The Kier molecular flexibility index (Phi) is 7.18. The first-order valence-electron chi connectivity index (χ1n) is 8.39. The number of aliphatic hydroxyl groups excluding tert-OH is 1. The number of rotatable bonds is 8. The Balaban J connectivity index is 2.58. The minimum absolute atomic E-state index is 0.122. The van der Waals surface area contributed by atoms with Crippen LogP contribution in [0.4, 0.5) is 0 Å². The van der Waals surface area contributed by atoms with E-state index in [0.717, 1.165) is 5.56 Å². The molecule has 0 aromatic heterocycles. The first kappa shape index (κ1) is 20.1. The van der Waals surface area contributed by atoms with E-state index in [1.807, 2.05) is 30.3 Å². The number of carbonyl (C=O) groups excluding carboxylic acids is 1. The Labute approximate surface area is 142 Å². The van der Waals surface area contributed by atoms with Crippen molar-refractivity contribution in [2.24, 2.45) is 5.92 Å². The number of hydrogen-bond donors (Lipinski definition) is 1. The summed E-state index contributed by atoms with van der Waals surface area (Å²) in [5, 5.41) is 10.4. The van der Waals surface area contributed by atoms with Crippen molar-refractivity contribution < 1.29 is 14.3 Å². The van der Waals surface area contributed by atoms with Crippen LogP contribution in [0.15, 0.2) is 30.3 Å². The zero-order valence-electron chi connectivity index (χ0n) is 15.4. The third-order valence-electron chi connectivity index (χ3n) is 4.90. The second-order valence-corrected chi connectivity index (χ2v) is 12.8. The molecular formula is C19H32O3Si. The van der Waals surface area contributed by atoms with Crippen molar-refractivity contribution in [3.63, 3.8) is 0 Å². The minimum Gasteiger partial charge on any atom is -0.414 e. The van der Waals surface area contributed by atoms with Gasteiger partial charge in [-0.1, -0.05) is 51.1 Å². The van der Waals surface area contributed by atoms with Gasteiger partial charge in [0.1, 0.15) is 5.78 Å². The number of aliphatic hydroxyl groups is 1. The molecule has 23 heavy (non-hydrogen) atoms. The molecule has 0 bridgehead atoms. The maximum Gasteiger partial charge on any atom is 0.192 e. The van der Waals surface area contributed by atoms with Gasteiger partial charge in [-0.25, -0.2) is 0 Å². The molecule has 1 aromatic rings. The first-order chi connectivity index (χ1) is 10.5. The lowest BCUT2D eigenvalue weighted by atomic mass is 9.91. The van der Waals surface area contributed by atoms with Crippen LogP contribution in [0, 0.1) is 5.92 Å². The fraction of sp³-hybridized carbons (Fsp3) is 0.632. The van der Waals surface area contributed by atoms with Gasteiger partial charge in [0.25, 0.3) is 0 Å². The Bertz CT molecular complexity index is 491. The number of Topliss-reactive ketones (excluding diaryl/α,β-unsaturated/α-hetero) is 1. The van der Waals surface area contributed by atoms with Crippen molar-refractivity contribution in [3.05, 3.63) is 35.9 Å². The average molecular weight is 337 g/mol. The summed E-state index contributed by atoms with van der Waals surface area (Å²) >= 11 is 0. The lowest BCUT2D eigenvalue weighted by molar-refractivity contribution is -0.121. The molecule has 0 unspecified atom stereocenters. The van der Waals surface area contributed by atoms with Crippen LogP contribution in [0.5, 0.6) is 0 Å². The van der Waals surface area contributed by atoms with Gasteiger partial charge in [0.2, 0.25) is 0 Å². The molecule has 1 rings (SSSR count). The van der Waals surface area contributed by atoms with E-state index in [1.54, 1.807) is 6.92 Å². The van der Waals surface area contributed by atoms with E-state index >= 15 is 0 Å². The molecular weight excluding hydrogens is 304 g/mol. The first-order valence-corrected chi connectivity index (χ1v) is 11.3. The van der Waals surface area contributed by atoms with Crippen LogP contribution >= 0.6 is 0 Å². The zero-order valence-corrected chi connectivity index (χ0v) is 16.4. The highest BCUT2D eigenvalue weighted by atomic mass is 28.4. The summed E-state index contributed by atoms with van der Waals surface area (Å²) < 4.78 is 6.06. The Morgan fingerprint density at radius 1 is 1.22 bits per heavy atom. The van der Waals surface area contributed by atoms with Crippen LogP contribution in [0.3, 0.4) is 0 Å². The van der Waals surface area contributed by atoms with Gasteiger partial charge >= 0.3 is 0 Å². The lowest BCUT2D eigenvalue weighted by Crippen LogP contribution is -2.43. The van der Waals surface area contributed by atoms with E-state index in [9.17, 15) is 9.90 Å².